The molecule has 0 aliphatic carbocycles. The van der Waals surface area contributed by atoms with Gasteiger partial charge in [0.1, 0.15) is 11.6 Å². The van der Waals surface area contributed by atoms with Crippen molar-refractivity contribution in [2.75, 3.05) is 27.7 Å². The molecule has 2 aromatic carbocycles. The van der Waals surface area contributed by atoms with E-state index in [9.17, 15) is 9.18 Å². The van der Waals surface area contributed by atoms with Gasteiger partial charge in [-0.25, -0.2) is 9.37 Å². The molecule has 33 heavy (non-hydrogen) atoms. The SMILES string of the molecule is CN=C(NCCc1cccc(C(=O)N(C)C)c1)NCc1ccc(Oc2ccc(F)cc2)nc1. The van der Waals surface area contributed by atoms with E-state index in [1.807, 2.05) is 30.3 Å². The topological polar surface area (TPSA) is 78.9 Å². The Hall–Kier alpha value is -3.94. The molecule has 0 radical (unpaired) electrons. The molecule has 1 amide bonds. The van der Waals surface area contributed by atoms with E-state index in [0.29, 0.717) is 36.2 Å². The molecule has 0 aliphatic rings. The Morgan fingerprint density at radius 2 is 1.85 bits per heavy atom. The number of pyridine rings is 1. The van der Waals surface area contributed by atoms with E-state index in [4.69, 9.17) is 4.74 Å². The fourth-order valence-corrected chi connectivity index (χ4v) is 3.05. The van der Waals surface area contributed by atoms with Crippen LogP contribution in [0.3, 0.4) is 0 Å². The molecule has 0 atom stereocenters. The highest BCUT2D eigenvalue weighted by Gasteiger charge is 2.08. The summed E-state index contributed by atoms with van der Waals surface area (Å²) in [6, 6.07) is 17.1. The van der Waals surface area contributed by atoms with Gasteiger partial charge in [-0.1, -0.05) is 18.2 Å². The molecule has 1 heterocycles. The van der Waals surface area contributed by atoms with E-state index in [1.54, 1.807) is 50.4 Å². The molecule has 1 aromatic heterocycles. The van der Waals surface area contributed by atoms with Crippen molar-refractivity contribution in [3.05, 3.63) is 89.4 Å². The highest BCUT2D eigenvalue weighted by Crippen LogP contribution is 2.19. The largest absolute Gasteiger partial charge is 0.439 e. The first kappa shape index (κ1) is 23.7. The van der Waals surface area contributed by atoms with Gasteiger partial charge in [-0.05, 0) is 53.9 Å². The zero-order valence-electron chi connectivity index (χ0n) is 19.0. The van der Waals surface area contributed by atoms with Crippen molar-refractivity contribution in [3.63, 3.8) is 0 Å². The lowest BCUT2D eigenvalue weighted by molar-refractivity contribution is 0.0827. The lowest BCUT2D eigenvalue weighted by atomic mass is 10.1. The number of rotatable bonds is 8. The first-order valence-electron chi connectivity index (χ1n) is 10.6. The summed E-state index contributed by atoms with van der Waals surface area (Å²) in [6.45, 7) is 1.21. The number of nitrogens with zero attached hydrogens (tertiary/aromatic N) is 3. The summed E-state index contributed by atoms with van der Waals surface area (Å²) in [5.74, 6) is 1.30. The van der Waals surface area contributed by atoms with Crippen LogP contribution in [0.5, 0.6) is 11.6 Å². The van der Waals surface area contributed by atoms with Crippen LogP contribution in [0.15, 0.2) is 71.9 Å². The lowest BCUT2D eigenvalue weighted by Gasteiger charge is -2.13. The molecule has 0 fully saturated rings. The third-order valence-electron chi connectivity index (χ3n) is 4.80. The van der Waals surface area contributed by atoms with Gasteiger partial charge in [-0.15, -0.1) is 0 Å². The van der Waals surface area contributed by atoms with Gasteiger partial charge in [-0.3, -0.25) is 9.79 Å². The number of aromatic nitrogens is 1. The van der Waals surface area contributed by atoms with Gasteiger partial charge in [0.2, 0.25) is 5.88 Å². The third kappa shape index (κ3) is 7.31. The molecule has 0 bridgehead atoms. The number of benzene rings is 2. The van der Waals surface area contributed by atoms with Crippen LogP contribution in [0.2, 0.25) is 0 Å². The van der Waals surface area contributed by atoms with Crippen molar-refractivity contribution < 1.29 is 13.9 Å². The van der Waals surface area contributed by atoms with Crippen molar-refractivity contribution >= 4 is 11.9 Å². The van der Waals surface area contributed by atoms with Crippen LogP contribution in [-0.4, -0.2) is 49.4 Å². The van der Waals surface area contributed by atoms with Gasteiger partial charge in [0.25, 0.3) is 5.91 Å². The molecule has 3 rings (SSSR count). The molecule has 7 nitrogen and oxygen atoms in total. The maximum Gasteiger partial charge on any atom is 0.253 e. The van der Waals surface area contributed by atoms with Crippen molar-refractivity contribution in [2.24, 2.45) is 4.99 Å². The molecule has 172 valence electrons. The summed E-state index contributed by atoms with van der Waals surface area (Å²) >= 11 is 0. The van der Waals surface area contributed by atoms with Crippen LogP contribution < -0.4 is 15.4 Å². The Balaban J connectivity index is 1.45. The van der Waals surface area contributed by atoms with Crippen LogP contribution in [0, 0.1) is 5.82 Å². The van der Waals surface area contributed by atoms with E-state index in [0.717, 1.165) is 17.5 Å². The second-order valence-corrected chi connectivity index (χ2v) is 7.56. The fraction of sp³-hybridized carbons (Fsp3) is 0.240. The van der Waals surface area contributed by atoms with E-state index >= 15 is 0 Å². The minimum absolute atomic E-state index is 0.00928. The summed E-state index contributed by atoms with van der Waals surface area (Å²) in [6.07, 6.45) is 2.47. The van der Waals surface area contributed by atoms with Crippen LogP contribution in [-0.2, 0) is 13.0 Å². The Morgan fingerprint density at radius 3 is 2.52 bits per heavy atom. The summed E-state index contributed by atoms with van der Waals surface area (Å²) < 4.78 is 18.6. The lowest BCUT2D eigenvalue weighted by Crippen LogP contribution is -2.37. The van der Waals surface area contributed by atoms with E-state index in [-0.39, 0.29) is 11.7 Å². The number of guanidine groups is 1. The number of hydrogen-bond donors (Lipinski definition) is 2. The molecule has 0 aliphatic heterocycles. The number of nitrogens with one attached hydrogen (secondary N) is 2. The Kier molecular flexibility index (Phi) is 8.35. The van der Waals surface area contributed by atoms with E-state index in [1.165, 1.54) is 12.1 Å². The van der Waals surface area contributed by atoms with Crippen molar-refractivity contribution in [1.82, 2.24) is 20.5 Å². The Bertz CT molecular complexity index is 1080. The predicted molar refractivity (Wildman–Crippen MR) is 127 cm³/mol. The molecule has 8 heteroatoms. The first-order chi connectivity index (χ1) is 15.9. The van der Waals surface area contributed by atoms with Gasteiger partial charge >= 0.3 is 0 Å². The summed E-state index contributed by atoms with van der Waals surface area (Å²) in [7, 11) is 5.20. The highest BCUT2D eigenvalue weighted by atomic mass is 19.1. The maximum absolute atomic E-state index is 13.0. The molecular weight excluding hydrogens is 421 g/mol. The number of amides is 1. The van der Waals surface area contributed by atoms with Gasteiger partial charge < -0.3 is 20.3 Å². The number of ether oxygens (including phenoxy) is 1. The zero-order valence-corrected chi connectivity index (χ0v) is 19.0. The summed E-state index contributed by atoms with van der Waals surface area (Å²) in [5.41, 5.74) is 2.71. The molecular formula is C25H28FN5O2. The smallest absolute Gasteiger partial charge is 0.253 e. The van der Waals surface area contributed by atoms with Crippen LogP contribution in [0.4, 0.5) is 4.39 Å². The standard InChI is InChI=1S/C25H28FN5O2/c1-27-25(28-14-13-18-5-4-6-20(15-18)24(32)31(2)3)30-17-19-7-12-23(29-16-19)33-22-10-8-21(26)9-11-22/h4-12,15-16H,13-14,17H2,1-3H3,(H2,27,28,30). The fourth-order valence-electron chi connectivity index (χ4n) is 3.05. The van der Waals surface area contributed by atoms with Crippen molar-refractivity contribution in [1.29, 1.82) is 0 Å². The molecule has 3 aromatic rings. The highest BCUT2D eigenvalue weighted by molar-refractivity contribution is 5.94. The van der Waals surface area contributed by atoms with Crippen LogP contribution in [0.1, 0.15) is 21.5 Å². The number of hydrogen-bond acceptors (Lipinski definition) is 4. The summed E-state index contributed by atoms with van der Waals surface area (Å²) in [4.78, 5) is 22.2. The predicted octanol–water partition coefficient (Wildman–Crippen LogP) is 3.62. The first-order valence-corrected chi connectivity index (χ1v) is 10.6. The molecule has 2 N–H and O–H groups in total. The monoisotopic (exact) mass is 449 g/mol. The van der Waals surface area contributed by atoms with E-state index in [2.05, 4.69) is 20.6 Å². The quantitative estimate of drug-likeness (QED) is 0.406. The average Bonchev–Trinajstić information content (AvgIpc) is 2.83. The Morgan fingerprint density at radius 1 is 1.06 bits per heavy atom. The second kappa shape index (κ2) is 11.6. The van der Waals surface area contributed by atoms with Crippen molar-refractivity contribution in [3.8, 4) is 11.6 Å². The normalized spacial score (nSPS) is 11.1. The Labute approximate surface area is 193 Å². The molecule has 0 unspecified atom stereocenters. The molecule has 0 saturated heterocycles. The van der Waals surface area contributed by atoms with E-state index < -0.39 is 0 Å². The van der Waals surface area contributed by atoms with Gasteiger partial charge in [0, 0.05) is 52.1 Å². The third-order valence-corrected chi connectivity index (χ3v) is 4.80. The summed E-state index contributed by atoms with van der Waals surface area (Å²) in [5, 5.41) is 6.52. The maximum atomic E-state index is 13.0. The minimum atomic E-state index is -0.313. The number of halogens is 1. The van der Waals surface area contributed by atoms with Gasteiger partial charge in [0.05, 0.1) is 0 Å². The number of carbonyl (C=O) groups is 1. The molecule has 0 saturated carbocycles. The van der Waals surface area contributed by atoms with Crippen LogP contribution >= 0.6 is 0 Å². The number of carbonyl (C=O) groups excluding carboxylic acids is 1. The van der Waals surface area contributed by atoms with Crippen LogP contribution in [0.25, 0.3) is 0 Å². The van der Waals surface area contributed by atoms with Gasteiger partial charge in [0.15, 0.2) is 5.96 Å². The van der Waals surface area contributed by atoms with Gasteiger partial charge in [-0.2, -0.15) is 0 Å². The second-order valence-electron chi connectivity index (χ2n) is 7.56. The zero-order chi connectivity index (χ0) is 23.6. The number of aliphatic imine (C=N–C) groups is 1. The molecule has 0 spiro atoms. The van der Waals surface area contributed by atoms with Crippen molar-refractivity contribution in [2.45, 2.75) is 13.0 Å². The average molecular weight is 450 g/mol. The minimum Gasteiger partial charge on any atom is -0.439 e.